The lowest BCUT2D eigenvalue weighted by atomic mass is 9.98. The molecule has 21 heteroatoms. The van der Waals surface area contributed by atoms with Crippen LogP contribution in [0.2, 0.25) is 0 Å². The molecule has 0 amide bonds. The Morgan fingerprint density at radius 3 is 1.38 bits per heavy atom. The Hall–Kier alpha value is -6.15. The summed E-state index contributed by atoms with van der Waals surface area (Å²) in [7, 11) is -3.18. The minimum absolute atomic E-state index is 0.0913. The van der Waals surface area contributed by atoms with Crippen molar-refractivity contribution >= 4 is 50.4 Å². The maximum atomic E-state index is 16.0. The van der Waals surface area contributed by atoms with Gasteiger partial charge in [-0.15, -0.1) is 0 Å². The van der Waals surface area contributed by atoms with Crippen LogP contribution in [-0.2, 0) is 0 Å². The normalized spacial score (nSPS) is 11.7. The SMILES string of the molecule is Fc1cc2c(OB(Oc3cccc4c(F)c(F)c(F)c(F)c34)Oc3c(F)c(F)c(F)c4c(F)c5c(F)c(F)c(F)c(F)c5c(F)c34)ccc(F)c2c(F)c1F. The van der Waals surface area contributed by atoms with Crippen LogP contribution >= 0.6 is 0 Å². The third-order valence-electron chi connectivity index (χ3n) is 8.19. The van der Waals surface area contributed by atoms with Crippen LogP contribution in [0.1, 0.15) is 0 Å². The summed E-state index contributed by atoms with van der Waals surface area (Å²) in [6, 6.07) is 2.88. The molecule has 0 heterocycles. The second-order valence-corrected chi connectivity index (χ2v) is 11.2. The van der Waals surface area contributed by atoms with Crippen molar-refractivity contribution in [2.75, 3.05) is 0 Å². The van der Waals surface area contributed by atoms with Gasteiger partial charge in [-0.1, -0.05) is 12.1 Å². The Balaban J connectivity index is 1.53. The first-order chi connectivity index (χ1) is 25.9. The van der Waals surface area contributed by atoms with Crippen molar-refractivity contribution in [3.63, 3.8) is 0 Å². The van der Waals surface area contributed by atoms with Crippen LogP contribution in [0, 0.1) is 98.9 Å². The first-order valence-corrected chi connectivity index (χ1v) is 14.5. The molecule has 0 aliphatic rings. The molecule has 0 saturated heterocycles. The molecular weight excluding hydrogens is 790 g/mol. The molecule has 7 aromatic carbocycles. The minimum atomic E-state index is -3.18. The lowest BCUT2D eigenvalue weighted by Gasteiger charge is -2.21. The zero-order valence-corrected chi connectivity index (χ0v) is 25.7. The molecule has 0 bridgehead atoms. The summed E-state index contributed by atoms with van der Waals surface area (Å²) in [6.07, 6.45) is 0. The van der Waals surface area contributed by atoms with Gasteiger partial charge >= 0.3 is 7.32 Å². The number of hydrogen-bond acceptors (Lipinski definition) is 3. The van der Waals surface area contributed by atoms with Crippen LogP contribution in [0.4, 0.5) is 74.6 Å². The molecule has 0 spiro atoms. The molecule has 0 aliphatic heterocycles. The van der Waals surface area contributed by atoms with E-state index in [2.05, 4.69) is 0 Å². The first kappa shape index (κ1) is 37.2. The molecule has 0 aliphatic carbocycles. The summed E-state index contributed by atoms with van der Waals surface area (Å²) in [6.45, 7) is 0. The van der Waals surface area contributed by atoms with Gasteiger partial charge in [0.1, 0.15) is 29.0 Å². The van der Waals surface area contributed by atoms with E-state index in [-0.39, 0.29) is 6.07 Å². The fourth-order valence-corrected chi connectivity index (χ4v) is 5.74. The highest BCUT2D eigenvalue weighted by molar-refractivity contribution is 6.40. The average Bonchev–Trinajstić information content (AvgIpc) is 3.15. The molecule has 0 aromatic heterocycles. The van der Waals surface area contributed by atoms with Gasteiger partial charge in [0.25, 0.3) is 0 Å². The molecule has 0 radical (unpaired) electrons. The molecule has 7 aromatic rings. The minimum Gasteiger partial charge on any atom is -0.489 e. The van der Waals surface area contributed by atoms with E-state index in [1.165, 1.54) is 0 Å². The zero-order valence-electron chi connectivity index (χ0n) is 25.7. The van der Waals surface area contributed by atoms with Gasteiger partial charge in [-0.25, -0.2) is 70.2 Å². The summed E-state index contributed by atoms with van der Waals surface area (Å²) in [5, 5.41) is -13.4. The molecule has 3 nitrogen and oxygen atoms in total. The Labute approximate surface area is 291 Å². The van der Waals surface area contributed by atoms with Crippen molar-refractivity contribution < 1.29 is 88.6 Å². The standard InChI is InChI=1S/C34H6BF17O3/c36-9-4-5-11(8-6-10(37)20(39)23(42)13(8)9)53-35(54-12-3-1-2-7-14(12)24(43)29(48)28(47)19(7)38)55-34-18-17(27(46)32(51)33(34)52)21(40)15-16(22(18)41)26(45)31(50)30(49)25(15)44/h1-6H. The van der Waals surface area contributed by atoms with E-state index >= 15 is 22.0 Å². The van der Waals surface area contributed by atoms with Crippen molar-refractivity contribution in [1.82, 2.24) is 0 Å². The second-order valence-electron chi connectivity index (χ2n) is 11.2. The van der Waals surface area contributed by atoms with Gasteiger partial charge in [-0.3, -0.25) is 0 Å². The Morgan fingerprint density at radius 2 is 0.782 bits per heavy atom. The number of hydrogen-bond donors (Lipinski definition) is 0. The van der Waals surface area contributed by atoms with E-state index < -0.39 is 167 Å². The van der Waals surface area contributed by atoms with Gasteiger partial charge in [0.15, 0.2) is 81.4 Å². The number of rotatable bonds is 6. The number of benzene rings is 7. The highest BCUT2D eigenvalue weighted by atomic mass is 19.2. The fourth-order valence-electron chi connectivity index (χ4n) is 5.74. The molecule has 282 valence electrons. The van der Waals surface area contributed by atoms with Crippen LogP contribution in [0.25, 0.3) is 43.1 Å². The Morgan fingerprint density at radius 1 is 0.309 bits per heavy atom. The van der Waals surface area contributed by atoms with Crippen molar-refractivity contribution in [2.24, 2.45) is 0 Å². The highest BCUT2D eigenvalue weighted by Gasteiger charge is 2.39. The summed E-state index contributed by atoms with van der Waals surface area (Å²) in [4.78, 5) is 0. The number of fused-ring (bicyclic) bond motifs is 4. The Bertz CT molecular complexity index is 2850. The quantitative estimate of drug-likeness (QED) is 0.0552. The van der Waals surface area contributed by atoms with E-state index in [4.69, 9.17) is 14.0 Å². The predicted molar refractivity (Wildman–Crippen MR) is 156 cm³/mol. The van der Waals surface area contributed by atoms with Gasteiger partial charge in [-0.05, 0) is 24.3 Å². The second kappa shape index (κ2) is 13.0. The number of halogens is 17. The van der Waals surface area contributed by atoms with Crippen LogP contribution < -0.4 is 14.0 Å². The predicted octanol–water partition coefficient (Wildman–Crippen LogP) is 11.2. The van der Waals surface area contributed by atoms with Gasteiger partial charge in [0.05, 0.1) is 32.3 Å². The van der Waals surface area contributed by atoms with E-state index in [0.29, 0.717) is 24.3 Å². The van der Waals surface area contributed by atoms with Crippen molar-refractivity contribution in [1.29, 1.82) is 0 Å². The third kappa shape index (κ3) is 5.37. The topological polar surface area (TPSA) is 27.7 Å². The van der Waals surface area contributed by atoms with Crippen molar-refractivity contribution in [3.8, 4) is 17.2 Å². The summed E-state index contributed by atoms with van der Waals surface area (Å²) >= 11 is 0. The molecule has 0 fully saturated rings. The molecular formula is C34H6BF17O3. The monoisotopic (exact) mass is 796 g/mol. The van der Waals surface area contributed by atoms with Crippen LogP contribution in [0.15, 0.2) is 36.4 Å². The third-order valence-corrected chi connectivity index (χ3v) is 8.19. The smallest absolute Gasteiger partial charge is 0.489 e. The molecule has 0 unspecified atom stereocenters. The molecule has 55 heavy (non-hydrogen) atoms. The fraction of sp³-hybridized carbons (Fsp3) is 0. The van der Waals surface area contributed by atoms with Crippen LogP contribution in [0.5, 0.6) is 17.2 Å². The van der Waals surface area contributed by atoms with E-state index in [1.54, 1.807) is 0 Å². The summed E-state index contributed by atoms with van der Waals surface area (Å²) in [5.41, 5.74) is 0. The maximum Gasteiger partial charge on any atom is 0.864 e. The maximum absolute atomic E-state index is 16.0. The summed E-state index contributed by atoms with van der Waals surface area (Å²) < 4.78 is 266. The van der Waals surface area contributed by atoms with Crippen molar-refractivity contribution in [3.05, 3.63) is 135 Å². The van der Waals surface area contributed by atoms with Gasteiger partial charge in [-0.2, -0.15) is 4.39 Å². The van der Waals surface area contributed by atoms with E-state index in [1.807, 2.05) is 0 Å². The largest absolute Gasteiger partial charge is 0.864 e. The van der Waals surface area contributed by atoms with Crippen LogP contribution in [-0.4, -0.2) is 7.32 Å². The molecule has 0 saturated carbocycles. The average molecular weight is 796 g/mol. The van der Waals surface area contributed by atoms with Crippen LogP contribution in [0.3, 0.4) is 0 Å². The van der Waals surface area contributed by atoms with Gasteiger partial charge in [0.2, 0.25) is 5.82 Å². The zero-order chi connectivity index (χ0) is 40.1. The Kier molecular flexibility index (Phi) is 8.80. The molecule has 0 atom stereocenters. The molecule has 0 N–H and O–H groups in total. The van der Waals surface area contributed by atoms with E-state index in [9.17, 15) is 52.7 Å². The van der Waals surface area contributed by atoms with Gasteiger partial charge in [0, 0.05) is 10.8 Å². The van der Waals surface area contributed by atoms with Gasteiger partial charge < -0.3 is 14.0 Å². The lowest BCUT2D eigenvalue weighted by molar-refractivity contribution is 0.299. The van der Waals surface area contributed by atoms with E-state index in [0.717, 1.165) is 6.07 Å². The highest BCUT2D eigenvalue weighted by Crippen LogP contribution is 2.44. The molecule has 7 rings (SSSR count). The first-order valence-electron chi connectivity index (χ1n) is 14.5. The lowest BCUT2D eigenvalue weighted by Crippen LogP contribution is -2.37. The summed E-state index contributed by atoms with van der Waals surface area (Å²) in [5.74, 6) is -45.8. The van der Waals surface area contributed by atoms with Crippen molar-refractivity contribution in [2.45, 2.75) is 0 Å².